The van der Waals surface area contributed by atoms with Crippen LogP contribution in [0.3, 0.4) is 0 Å². The van der Waals surface area contributed by atoms with Gasteiger partial charge >= 0.3 is 0 Å². The summed E-state index contributed by atoms with van der Waals surface area (Å²) in [5.41, 5.74) is -0.235. The number of nitro benzene ring substituents is 1. The van der Waals surface area contributed by atoms with Gasteiger partial charge in [-0.15, -0.1) is 4.91 Å². The van der Waals surface area contributed by atoms with Gasteiger partial charge in [0.05, 0.1) is 15.1 Å². The highest BCUT2D eigenvalue weighted by molar-refractivity contribution is 7.89. The molecule has 1 aromatic rings. The maximum absolute atomic E-state index is 11.5. The van der Waals surface area contributed by atoms with Crippen molar-refractivity contribution in [2.45, 2.75) is 4.90 Å². The van der Waals surface area contributed by atoms with Crippen LogP contribution in [-0.2, 0) is 10.0 Å². The molecule has 1 aromatic carbocycles. The summed E-state index contributed by atoms with van der Waals surface area (Å²) in [6.07, 6.45) is 0. The first-order chi connectivity index (χ1) is 7.39. The van der Waals surface area contributed by atoms with E-state index in [-0.39, 0.29) is 15.0 Å². The molecule has 0 saturated carbocycles. The van der Waals surface area contributed by atoms with E-state index in [1.54, 1.807) is 0 Å². The van der Waals surface area contributed by atoms with E-state index in [1.165, 1.54) is 0 Å². The molecule has 0 bridgehead atoms. The van der Waals surface area contributed by atoms with Crippen molar-refractivity contribution in [3.05, 3.63) is 39.3 Å². The molecule has 0 atom stereocenters. The summed E-state index contributed by atoms with van der Waals surface area (Å²) in [4.78, 5) is 19.5. The lowest BCUT2D eigenvalue weighted by atomic mass is 10.3. The zero-order valence-corrected chi connectivity index (χ0v) is 8.92. The fraction of sp³-hybridized carbons (Fsp3) is 0.143. The molecule has 0 heterocycles. The lowest BCUT2D eigenvalue weighted by Crippen LogP contribution is -2.20. The summed E-state index contributed by atoms with van der Waals surface area (Å²) in [7, 11) is -3.02. The summed E-state index contributed by atoms with van der Waals surface area (Å²) in [6.45, 7) is 0. The van der Waals surface area contributed by atoms with Gasteiger partial charge in [-0.3, -0.25) is 10.1 Å². The molecular formula is C7H7N3O5S. The Bertz CT molecular complexity index is 509. The molecule has 0 fully saturated rings. The second-order valence-electron chi connectivity index (χ2n) is 2.77. The molecule has 0 unspecified atom stereocenters. The highest BCUT2D eigenvalue weighted by Crippen LogP contribution is 2.18. The summed E-state index contributed by atoms with van der Waals surface area (Å²) in [5, 5.41) is 12.6. The van der Waals surface area contributed by atoms with Crippen LogP contribution in [0.4, 0.5) is 5.69 Å². The number of nitro groups is 1. The van der Waals surface area contributed by atoms with Gasteiger partial charge in [0.25, 0.3) is 15.7 Å². The average molecular weight is 245 g/mol. The standard InChI is InChI=1S/C7H7N3O5S/c1-9(8-11)16(14,15)7-4-2-6(3-5-7)10(12)13/h2-5H,1H3. The molecule has 9 heteroatoms. The number of nitrogens with zero attached hydrogens (tertiary/aromatic N) is 3. The van der Waals surface area contributed by atoms with E-state index < -0.39 is 14.9 Å². The molecule has 0 aliphatic rings. The van der Waals surface area contributed by atoms with E-state index >= 15 is 0 Å². The lowest BCUT2D eigenvalue weighted by Gasteiger charge is -2.08. The maximum atomic E-state index is 11.5. The molecule has 0 aliphatic heterocycles. The van der Waals surface area contributed by atoms with Crippen molar-refractivity contribution in [3.63, 3.8) is 0 Å². The molecule has 0 N–H and O–H groups in total. The van der Waals surface area contributed by atoms with Gasteiger partial charge < -0.3 is 0 Å². The van der Waals surface area contributed by atoms with Crippen LogP contribution in [0, 0.1) is 15.0 Å². The van der Waals surface area contributed by atoms with E-state index in [4.69, 9.17) is 0 Å². The van der Waals surface area contributed by atoms with Gasteiger partial charge in [-0.2, -0.15) is 12.8 Å². The molecule has 8 nitrogen and oxygen atoms in total. The van der Waals surface area contributed by atoms with Crippen molar-refractivity contribution in [3.8, 4) is 0 Å². The van der Waals surface area contributed by atoms with Crippen LogP contribution in [0.5, 0.6) is 0 Å². The zero-order valence-electron chi connectivity index (χ0n) is 8.10. The van der Waals surface area contributed by atoms with Crippen LogP contribution in [-0.4, -0.2) is 24.8 Å². The van der Waals surface area contributed by atoms with Crippen LogP contribution < -0.4 is 0 Å². The van der Waals surface area contributed by atoms with Crippen LogP contribution in [0.2, 0.25) is 0 Å². The molecule has 0 amide bonds. The number of hydrogen-bond acceptors (Lipinski definition) is 6. The van der Waals surface area contributed by atoms with Crippen molar-refractivity contribution >= 4 is 15.7 Å². The Morgan fingerprint density at radius 2 is 1.81 bits per heavy atom. The number of sulfonamides is 1. The lowest BCUT2D eigenvalue weighted by molar-refractivity contribution is -0.384. The van der Waals surface area contributed by atoms with Crippen molar-refractivity contribution in [2.24, 2.45) is 5.29 Å². The molecule has 0 radical (unpaired) electrons. The monoisotopic (exact) mass is 245 g/mol. The summed E-state index contributed by atoms with van der Waals surface area (Å²) >= 11 is 0. The minimum Gasteiger partial charge on any atom is -0.258 e. The van der Waals surface area contributed by atoms with Crippen LogP contribution in [0.25, 0.3) is 0 Å². The average Bonchev–Trinajstić information content (AvgIpc) is 2.28. The number of benzene rings is 1. The van der Waals surface area contributed by atoms with E-state index in [0.29, 0.717) is 0 Å². The molecule has 16 heavy (non-hydrogen) atoms. The van der Waals surface area contributed by atoms with Gasteiger partial charge in [-0.1, -0.05) is 0 Å². The fourth-order valence-electron chi connectivity index (χ4n) is 0.936. The van der Waals surface area contributed by atoms with Crippen LogP contribution in [0.1, 0.15) is 0 Å². The van der Waals surface area contributed by atoms with Gasteiger partial charge in [-0.25, -0.2) is 0 Å². The van der Waals surface area contributed by atoms with Crippen LogP contribution in [0.15, 0.2) is 34.4 Å². The second kappa shape index (κ2) is 4.23. The Labute approximate surface area is 90.6 Å². The molecule has 0 spiro atoms. The quantitative estimate of drug-likeness (QED) is 0.444. The SMILES string of the molecule is CN(N=O)S(=O)(=O)c1ccc([N+](=O)[O-])cc1. The smallest absolute Gasteiger partial charge is 0.258 e. The Balaban J connectivity index is 3.16. The minimum atomic E-state index is -4.00. The van der Waals surface area contributed by atoms with E-state index in [9.17, 15) is 23.4 Å². The first-order valence-electron chi connectivity index (χ1n) is 3.96. The third-order valence-electron chi connectivity index (χ3n) is 1.81. The molecule has 0 aromatic heterocycles. The van der Waals surface area contributed by atoms with Crippen LogP contribution >= 0.6 is 0 Å². The first kappa shape index (κ1) is 12.0. The van der Waals surface area contributed by atoms with Crippen molar-refractivity contribution < 1.29 is 13.3 Å². The fourth-order valence-corrected chi connectivity index (χ4v) is 1.81. The Morgan fingerprint density at radius 3 is 2.19 bits per heavy atom. The predicted octanol–water partition coefficient (Wildman–Crippen LogP) is 0.897. The summed E-state index contributed by atoms with van der Waals surface area (Å²) in [5.74, 6) is 0. The summed E-state index contributed by atoms with van der Waals surface area (Å²) < 4.78 is 23.3. The van der Waals surface area contributed by atoms with Gasteiger partial charge in [0, 0.05) is 19.2 Å². The molecule has 0 aliphatic carbocycles. The number of rotatable bonds is 4. The largest absolute Gasteiger partial charge is 0.281 e. The highest BCUT2D eigenvalue weighted by atomic mass is 32.2. The number of hydrogen-bond donors (Lipinski definition) is 0. The van der Waals surface area contributed by atoms with Crippen molar-refractivity contribution in [1.29, 1.82) is 0 Å². The topological polar surface area (TPSA) is 110 Å². The highest BCUT2D eigenvalue weighted by Gasteiger charge is 2.21. The third kappa shape index (κ3) is 2.14. The minimum absolute atomic E-state index is 0.235. The Kier molecular flexibility index (Phi) is 3.18. The normalized spacial score (nSPS) is 10.8. The van der Waals surface area contributed by atoms with Gasteiger partial charge in [-0.05, 0) is 12.1 Å². The third-order valence-corrected chi connectivity index (χ3v) is 3.44. The van der Waals surface area contributed by atoms with E-state index in [0.717, 1.165) is 31.3 Å². The Hall–Kier alpha value is -2.03. The number of non-ortho nitro benzene ring substituents is 1. The van der Waals surface area contributed by atoms with E-state index in [2.05, 4.69) is 5.29 Å². The molecule has 86 valence electrons. The second-order valence-corrected chi connectivity index (χ2v) is 4.72. The maximum Gasteiger partial charge on any atom is 0.281 e. The molecule has 0 saturated heterocycles. The predicted molar refractivity (Wildman–Crippen MR) is 53.8 cm³/mol. The number of nitroso groups, excluding NO2 is 1. The zero-order chi connectivity index (χ0) is 12.3. The van der Waals surface area contributed by atoms with E-state index in [1.807, 2.05) is 0 Å². The van der Waals surface area contributed by atoms with Crippen molar-refractivity contribution in [2.75, 3.05) is 7.05 Å². The van der Waals surface area contributed by atoms with Gasteiger partial charge in [0.2, 0.25) is 0 Å². The Morgan fingerprint density at radius 1 is 1.31 bits per heavy atom. The van der Waals surface area contributed by atoms with Gasteiger partial charge in [0.1, 0.15) is 0 Å². The van der Waals surface area contributed by atoms with Gasteiger partial charge in [0.15, 0.2) is 0 Å². The summed E-state index contributed by atoms with van der Waals surface area (Å²) in [6, 6.07) is 4.14. The van der Waals surface area contributed by atoms with Crippen molar-refractivity contribution in [1.82, 2.24) is 4.41 Å². The first-order valence-corrected chi connectivity index (χ1v) is 5.40. The molecular weight excluding hydrogens is 238 g/mol. The molecule has 1 rings (SSSR count).